The number of imidazole rings is 1. The normalized spacial score (nSPS) is 14.0. The first-order valence-electron chi connectivity index (χ1n) is 13.0. The largest absolute Gasteiger partial charge is 0.416 e. The molecule has 0 atom stereocenters. The van der Waals surface area contributed by atoms with Crippen molar-refractivity contribution in [2.45, 2.75) is 13.1 Å². The second kappa shape index (κ2) is 12.4. The monoisotopic (exact) mass is 566 g/mol. The first-order valence-corrected chi connectivity index (χ1v) is 13.0. The maximum absolute atomic E-state index is 13.1. The second-order valence-electron chi connectivity index (χ2n) is 9.45. The van der Waals surface area contributed by atoms with Crippen molar-refractivity contribution in [3.63, 3.8) is 0 Å². The van der Waals surface area contributed by atoms with Crippen molar-refractivity contribution in [1.29, 1.82) is 0 Å². The minimum atomic E-state index is -4.51. The van der Waals surface area contributed by atoms with Gasteiger partial charge in [0, 0.05) is 61.6 Å². The number of halogens is 3. The molecule has 13 heteroatoms. The minimum absolute atomic E-state index is 0.0496. The van der Waals surface area contributed by atoms with Crippen LogP contribution in [0.3, 0.4) is 0 Å². The van der Waals surface area contributed by atoms with E-state index in [9.17, 15) is 18.0 Å². The number of hydrogen-bond donors (Lipinski definition) is 3. The Balaban J connectivity index is 1.27. The van der Waals surface area contributed by atoms with E-state index in [1.807, 2.05) is 13.0 Å². The molecule has 4 aromatic rings. The number of ether oxygens (including phenoxy) is 1. The number of hydrogen-bond acceptors (Lipinski definition) is 8. The van der Waals surface area contributed by atoms with Crippen LogP contribution in [0.1, 0.15) is 21.5 Å². The molecule has 5 rings (SSSR count). The number of morpholine rings is 1. The SMILES string of the molecule is Cc1ccc(C(=O)Nc2cccc(C(F)(F)F)c2)cc1Nc1nccn1-c1cc(NCCN2CCOCC2)ncn1. The van der Waals surface area contributed by atoms with E-state index in [0.29, 0.717) is 23.3 Å². The molecule has 1 amide bonds. The van der Waals surface area contributed by atoms with Crippen molar-refractivity contribution in [3.8, 4) is 5.82 Å². The maximum atomic E-state index is 13.1. The molecule has 2 aromatic heterocycles. The zero-order valence-corrected chi connectivity index (χ0v) is 22.3. The summed E-state index contributed by atoms with van der Waals surface area (Å²) in [6.45, 7) is 6.78. The van der Waals surface area contributed by atoms with E-state index in [0.717, 1.165) is 57.1 Å². The highest BCUT2D eigenvalue weighted by molar-refractivity contribution is 6.05. The van der Waals surface area contributed by atoms with Crippen LogP contribution in [-0.4, -0.2) is 69.7 Å². The number of nitrogens with zero attached hydrogens (tertiary/aromatic N) is 5. The Morgan fingerprint density at radius 2 is 1.88 bits per heavy atom. The molecule has 10 nitrogen and oxygen atoms in total. The number of aryl methyl sites for hydroxylation is 1. The third-order valence-electron chi connectivity index (χ3n) is 6.57. The van der Waals surface area contributed by atoms with Gasteiger partial charge in [-0.25, -0.2) is 15.0 Å². The molecule has 1 saturated heterocycles. The van der Waals surface area contributed by atoms with Gasteiger partial charge in [-0.2, -0.15) is 13.2 Å². The summed E-state index contributed by atoms with van der Waals surface area (Å²) < 4.78 is 46.3. The van der Waals surface area contributed by atoms with Crippen molar-refractivity contribution in [3.05, 3.63) is 83.9 Å². The standard InChI is InChI=1S/C28H29F3N8O2/c1-19-5-6-20(26(40)36-22-4-2-3-21(16-22)28(29,30)31)15-23(19)37-27-33-8-10-39(27)25-17-24(34-18-35-25)32-7-9-38-11-13-41-14-12-38/h2-6,8,10,15-18H,7,9,11-14H2,1H3,(H,33,37)(H,36,40)(H,32,34,35). The number of benzene rings is 2. The molecule has 0 aliphatic carbocycles. The highest BCUT2D eigenvalue weighted by Gasteiger charge is 2.30. The van der Waals surface area contributed by atoms with Gasteiger partial charge < -0.3 is 20.7 Å². The van der Waals surface area contributed by atoms with Crippen LogP contribution in [0, 0.1) is 6.92 Å². The van der Waals surface area contributed by atoms with E-state index in [1.54, 1.807) is 35.2 Å². The molecular formula is C28H29F3N8O2. The molecule has 1 fully saturated rings. The van der Waals surface area contributed by atoms with E-state index in [4.69, 9.17) is 4.74 Å². The first-order chi connectivity index (χ1) is 19.8. The van der Waals surface area contributed by atoms with Gasteiger partial charge in [-0.15, -0.1) is 0 Å². The molecule has 0 bridgehead atoms. The highest BCUT2D eigenvalue weighted by Crippen LogP contribution is 2.31. The van der Waals surface area contributed by atoms with Crippen LogP contribution in [0.4, 0.5) is 36.3 Å². The van der Waals surface area contributed by atoms with E-state index >= 15 is 0 Å². The Morgan fingerprint density at radius 1 is 1.05 bits per heavy atom. The third kappa shape index (κ3) is 7.18. The summed E-state index contributed by atoms with van der Waals surface area (Å²) >= 11 is 0. The van der Waals surface area contributed by atoms with Crippen LogP contribution in [-0.2, 0) is 10.9 Å². The lowest BCUT2D eigenvalue weighted by Gasteiger charge is -2.26. The Morgan fingerprint density at radius 3 is 2.68 bits per heavy atom. The number of amides is 1. The molecule has 0 spiro atoms. The van der Waals surface area contributed by atoms with Crippen LogP contribution < -0.4 is 16.0 Å². The number of nitrogens with one attached hydrogen (secondary N) is 3. The van der Waals surface area contributed by atoms with Gasteiger partial charge in [-0.1, -0.05) is 12.1 Å². The molecule has 2 aromatic carbocycles. The summed E-state index contributed by atoms with van der Waals surface area (Å²) in [5.41, 5.74) is 0.917. The lowest BCUT2D eigenvalue weighted by molar-refractivity contribution is -0.137. The van der Waals surface area contributed by atoms with Gasteiger partial charge in [0.05, 0.1) is 18.8 Å². The molecule has 1 aliphatic heterocycles. The fourth-order valence-corrected chi connectivity index (χ4v) is 4.32. The lowest BCUT2D eigenvalue weighted by Crippen LogP contribution is -2.39. The molecule has 0 radical (unpaired) electrons. The molecule has 0 saturated carbocycles. The van der Waals surface area contributed by atoms with Crippen molar-refractivity contribution in [2.24, 2.45) is 0 Å². The van der Waals surface area contributed by atoms with Gasteiger partial charge in [0.15, 0.2) is 0 Å². The number of alkyl halides is 3. The van der Waals surface area contributed by atoms with Gasteiger partial charge >= 0.3 is 6.18 Å². The Labute approximate surface area is 234 Å². The van der Waals surface area contributed by atoms with E-state index in [1.165, 1.54) is 18.5 Å². The van der Waals surface area contributed by atoms with E-state index in [2.05, 4.69) is 35.8 Å². The third-order valence-corrected chi connectivity index (χ3v) is 6.57. The quantitative estimate of drug-likeness (QED) is 0.267. The van der Waals surface area contributed by atoms with Crippen LogP contribution in [0.25, 0.3) is 5.82 Å². The second-order valence-corrected chi connectivity index (χ2v) is 9.45. The van der Waals surface area contributed by atoms with Gasteiger partial charge in [0.1, 0.15) is 18.0 Å². The summed E-state index contributed by atoms with van der Waals surface area (Å²) in [6, 6.07) is 11.3. The number of rotatable bonds is 9. The van der Waals surface area contributed by atoms with Crippen LogP contribution in [0.5, 0.6) is 0 Å². The van der Waals surface area contributed by atoms with Crippen molar-refractivity contribution in [2.75, 3.05) is 55.3 Å². The molecule has 41 heavy (non-hydrogen) atoms. The smallest absolute Gasteiger partial charge is 0.379 e. The van der Waals surface area contributed by atoms with Crippen molar-refractivity contribution in [1.82, 2.24) is 24.4 Å². The number of aromatic nitrogens is 4. The van der Waals surface area contributed by atoms with Gasteiger partial charge in [-0.3, -0.25) is 14.3 Å². The summed E-state index contributed by atoms with van der Waals surface area (Å²) in [7, 11) is 0. The predicted molar refractivity (Wildman–Crippen MR) is 149 cm³/mol. The molecule has 3 heterocycles. The Kier molecular flexibility index (Phi) is 8.45. The molecular weight excluding hydrogens is 537 g/mol. The summed E-state index contributed by atoms with van der Waals surface area (Å²) in [5, 5.41) is 9.10. The fourth-order valence-electron chi connectivity index (χ4n) is 4.32. The van der Waals surface area contributed by atoms with Gasteiger partial charge in [0.25, 0.3) is 5.91 Å². The summed E-state index contributed by atoms with van der Waals surface area (Å²) in [6.07, 6.45) is 0.338. The number of carbonyl (C=O) groups is 1. The average molecular weight is 567 g/mol. The van der Waals surface area contributed by atoms with Gasteiger partial charge in [0.2, 0.25) is 5.95 Å². The van der Waals surface area contributed by atoms with Crippen molar-refractivity contribution < 1.29 is 22.7 Å². The fraction of sp³-hybridized carbons (Fsp3) is 0.286. The van der Waals surface area contributed by atoms with Gasteiger partial charge in [-0.05, 0) is 42.8 Å². The van der Waals surface area contributed by atoms with Crippen LogP contribution in [0.2, 0.25) is 0 Å². The summed E-state index contributed by atoms with van der Waals surface area (Å²) in [4.78, 5) is 28.3. The van der Waals surface area contributed by atoms with E-state index < -0.39 is 17.6 Å². The van der Waals surface area contributed by atoms with E-state index in [-0.39, 0.29) is 11.3 Å². The number of carbonyl (C=O) groups excluding carboxylic acids is 1. The molecule has 214 valence electrons. The molecule has 3 N–H and O–H groups in total. The minimum Gasteiger partial charge on any atom is -0.379 e. The lowest BCUT2D eigenvalue weighted by atomic mass is 10.1. The first kappa shape index (κ1) is 28.1. The zero-order chi connectivity index (χ0) is 28.8. The highest BCUT2D eigenvalue weighted by atomic mass is 19.4. The maximum Gasteiger partial charge on any atom is 0.416 e. The number of anilines is 4. The van der Waals surface area contributed by atoms with Crippen LogP contribution >= 0.6 is 0 Å². The average Bonchev–Trinajstić information content (AvgIpc) is 3.43. The Hall–Kier alpha value is -4.49. The Bertz CT molecular complexity index is 1500. The van der Waals surface area contributed by atoms with Crippen molar-refractivity contribution >= 4 is 29.0 Å². The topological polar surface area (TPSA) is 109 Å². The summed E-state index contributed by atoms with van der Waals surface area (Å²) in [5.74, 6) is 1.18. The molecule has 0 unspecified atom stereocenters. The zero-order valence-electron chi connectivity index (χ0n) is 22.3. The predicted octanol–water partition coefficient (Wildman–Crippen LogP) is 4.73. The van der Waals surface area contributed by atoms with Crippen LogP contribution in [0.15, 0.2) is 67.3 Å². The molecule has 1 aliphatic rings.